The molecule has 0 spiro atoms. The van der Waals surface area contributed by atoms with E-state index in [2.05, 4.69) is 43.9 Å². The van der Waals surface area contributed by atoms with E-state index in [0.29, 0.717) is 18.7 Å². The van der Waals surface area contributed by atoms with Crippen molar-refractivity contribution in [3.63, 3.8) is 0 Å². The number of nitrogens with zero attached hydrogens (tertiary/aromatic N) is 4. The quantitative estimate of drug-likeness (QED) is 0.576. The second kappa shape index (κ2) is 10.0. The van der Waals surface area contributed by atoms with Crippen molar-refractivity contribution in [3.8, 4) is 5.69 Å². The lowest BCUT2D eigenvalue weighted by molar-refractivity contribution is 0.0188. The van der Waals surface area contributed by atoms with E-state index in [1.54, 1.807) is 11.8 Å². The Morgan fingerprint density at radius 3 is 2.38 bits per heavy atom. The van der Waals surface area contributed by atoms with Gasteiger partial charge in [0.15, 0.2) is 5.16 Å². The summed E-state index contributed by atoms with van der Waals surface area (Å²) >= 11 is 1.55. The van der Waals surface area contributed by atoms with Gasteiger partial charge in [-0.1, -0.05) is 60.3 Å². The summed E-state index contributed by atoms with van der Waals surface area (Å²) in [5, 5.41) is 20.2. The number of morpholine rings is 1. The number of para-hydroxylation sites is 1. The molecule has 2 aromatic carbocycles. The third kappa shape index (κ3) is 5.45. The summed E-state index contributed by atoms with van der Waals surface area (Å²) in [7, 11) is 0. The summed E-state index contributed by atoms with van der Waals surface area (Å²) in [6.45, 7) is 3.90. The van der Waals surface area contributed by atoms with Gasteiger partial charge in [0.05, 0.1) is 19.3 Å². The van der Waals surface area contributed by atoms with Crippen LogP contribution < -0.4 is 0 Å². The number of hydrogen-bond acceptors (Lipinski definition) is 6. The average Bonchev–Trinajstić information content (AvgIpc) is 3.17. The maximum absolute atomic E-state index is 10.5. The predicted molar refractivity (Wildman–Crippen MR) is 115 cm³/mol. The molecular formula is C22H26N4O2S. The number of aliphatic hydroxyl groups excluding tert-OH is 1. The average molecular weight is 411 g/mol. The Kier molecular flexibility index (Phi) is 6.95. The van der Waals surface area contributed by atoms with Crippen molar-refractivity contribution in [2.24, 2.45) is 0 Å². The van der Waals surface area contributed by atoms with Gasteiger partial charge in [-0.3, -0.25) is 9.47 Å². The van der Waals surface area contributed by atoms with Crippen LogP contribution in [0.3, 0.4) is 0 Å². The van der Waals surface area contributed by atoms with E-state index in [4.69, 9.17) is 4.74 Å². The molecule has 1 atom stereocenters. The van der Waals surface area contributed by atoms with Crippen molar-refractivity contribution >= 4 is 11.8 Å². The van der Waals surface area contributed by atoms with Crippen molar-refractivity contribution in [1.29, 1.82) is 0 Å². The highest BCUT2D eigenvalue weighted by Gasteiger charge is 2.19. The van der Waals surface area contributed by atoms with Crippen LogP contribution in [-0.4, -0.2) is 69.5 Å². The highest BCUT2D eigenvalue weighted by atomic mass is 32.2. The Bertz CT molecular complexity index is 882. The monoisotopic (exact) mass is 410 g/mol. The normalized spacial score (nSPS) is 16.0. The zero-order chi connectivity index (χ0) is 19.9. The highest BCUT2D eigenvalue weighted by Crippen LogP contribution is 2.24. The van der Waals surface area contributed by atoms with Crippen LogP contribution in [0.4, 0.5) is 0 Å². The molecule has 0 saturated carbocycles. The van der Waals surface area contributed by atoms with Crippen molar-refractivity contribution in [2.75, 3.05) is 38.6 Å². The lowest BCUT2D eigenvalue weighted by atomic mass is 10.1. The number of aliphatic hydroxyl groups is 1. The van der Waals surface area contributed by atoms with Crippen LogP contribution in [0.2, 0.25) is 0 Å². The molecule has 0 radical (unpaired) electrons. The number of ether oxygens (including phenoxy) is 1. The molecule has 1 aliphatic heterocycles. The molecule has 3 aromatic rings. The first kappa shape index (κ1) is 20.1. The number of β-amino-alcohol motifs (C(OH)–C–C–N with tert-alkyl or cyclic N) is 1. The van der Waals surface area contributed by atoms with E-state index in [0.717, 1.165) is 43.0 Å². The molecule has 7 heteroatoms. The van der Waals surface area contributed by atoms with Crippen LogP contribution >= 0.6 is 11.8 Å². The van der Waals surface area contributed by atoms with Crippen LogP contribution in [0, 0.1) is 0 Å². The van der Waals surface area contributed by atoms with Crippen LogP contribution in [0.25, 0.3) is 5.69 Å². The van der Waals surface area contributed by atoms with E-state index >= 15 is 0 Å². The third-order valence-electron chi connectivity index (χ3n) is 4.90. The van der Waals surface area contributed by atoms with Gasteiger partial charge < -0.3 is 9.84 Å². The van der Waals surface area contributed by atoms with E-state index < -0.39 is 6.10 Å². The van der Waals surface area contributed by atoms with Crippen LogP contribution in [0.5, 0.6) is 0 Å². The van der Waals surface area contributed by atoms with Crippen molar-refractivity contribution in [1.82, 2.24) is 19.7 Å². The Balaban J connectivity index is 1.48. The number of thioether (sulfide) groups is 1. The summed E-state index contributed by atoms with van der Waals surface area (Å²) in [5.74, 6) is 1.47. The highest BCUT2D eigenvalue weighted by molar-refractivity contribution is 7.99. The van der Waals surface area contributed by atoms with Crippen molar-refractivity contribution in [2.45, 2.75) is 17.7 Å². The largest absolute Gasteiger partial charge is 0.391 e. The fourth-order valence-corrected chi connectivity index (χ4v) is 4.31. The summed E-state index contributed by atoms with van der Waals surface area (Å²) < 4.78 is 7.47. The van der Waals surface area contributed by atoms with Crippen LogP contribution in [-0.2, 0) is 11.2 Å². The van der Waals surface area contributed by atoms with Crippen LogP contribution in [0.1, 0.15) is 11.4 Å². The summed E-state index contributed by atoms with van der Waals surface area (Å²) in [4.78, 5) is 2.25. The second-order valence-corrected chi connectivity index (χ2v) is 8.10. The molecule has 2 heterocycles. The van der Waals surface area contributed by atoms with Gasteiger partial charge in [-0.25, -0.2) is 0 Å². The number of hydrogen-bond donors (Lipinski definition) is 1. The van der Waals surface area contributed by atoms with E-state index in [1.807, 2.05) is 36.4 Å². The molecule has 1 fully saturated rings. The van der Waals surface area contributed by atoms with E-state index in [-0.39, 0.29) is 0 Å². The minimum Gasteiger partial charge on any atom is -0.391 e. The SMILES string of the molecule is OC(CSc1nnc(Cc2ccccc2)n1-c1ccccc1)CN1CCOCC1. The molecule has 6 nitrogen and oxygen atoms in total. The second-order valence-electron chi connectivity index (χ2n) is 7.11. The molecule has 152 valence electrons. The molecule has 1 N–H and O–H groups in total. The summed E-state index contributed by atoms with van der Waals surface area (Å²) in [6.07, 6.45) is 0.288. The van der Waals surface area contributed by atoms with E-state index in [9.17, 15) is 5.11 Å². The molecule has 0 amide bonds. The zero-order valence-corrected chi connectivity index (χ0v) is 17.2. The Morgan fingerprint density at radius 2 is 1.66 bits per heavy atom. The number of rotatable bonds is 8. The van der Waals surface area contributed by atoms with Gasteiger partial charge in [0, 0.05) is 37.5 Å². The standard InChI is InChI=1S/C22H26N4O2S/c27-20(16-25-11-13-28-14-12-25)17-29-22-24-23-21(15-18-7-3-1-4-8-18)26(22)19-9-5-2-6-10-19/h1-10,20,27H,11-17H2. The fourth-order valence-electron chi connectivity index (χ4n) is 3.43. The summed E-state index contributed by atoms with van der Waals surface area (Å²) in [5.41, 5.74) is 2.23. The maximum atomic E-state index is 10.5. The van der Waals surface area contributed by atoms with Gasteiger partial charge in [0.2, 0.25) is 0 Å². The predicted octanol–water partition coefficient (Wildman–Crippen LogP) is 2.64. The molecule has 4 rings (SSSR count). The summed E-state index contributed by atoms with van der Waals surface area (Å²) in [6, 6.07) is 20.5. The zero-order valence-electron chi connectivity index (χ0n) is 16.4. The van der Waals surface area contributed by atoms with Gasteiger partial charge in [-0.05, 0) is 17.7 Å². The molecule has 1 aromatic heterocycles. The fraction of sp³-hybridized carbons (Fsp3) is 0.364. The van der Waals surface area contributed by atoms with E-state index in [1.165, 1.54) is 5.56 Å². The maximum Gasteiger partial charge on any atom is 0.195 e. The van der Waals surface area contributed by atoms with Crippen molar-refractivity contribution < 1.29 is 9.84 Å². The van der Waals surface area contributed by atoms with Gasteiger partial charge in [0.25, 0.3) is 0 Å². The van der Waals surface area contributed by atoms with Gasteiger partial charge in [-0.15, -0.1) is 10.2 Å². The van der Waals surface area contributed by atoms with Gasteiger partial charge >= 0.3 is 0 Å². The lowest BCUT2D eigenvalue weighted by Gasteiger charge is -2.28. The molecule has 0 aliphatic carbocycles. The van der Waals surface area contributed by atoms with Gasteiger partial charge in [0.1, 0.15) is 5.82 Å². The minimum absolute atomic E-state index is 0.420. The first-order chi connectivity index (χ1) is 14.3. The van der Waals surface area contributed by atoms with Gasteiger partial charge in [-0.2, -0.15) is 0 Å². The molecule has 29 heavy (non-hydrogen) atoms. The molecular weight excluding hydrogens is 384 g/mol. The Hall–Kier alpha value is -2.19. The minimum atomic E-state index is -0.420. The molecule has 1 saturated heterocycles. The third-order valence-corrected chi connectivity index (χ3v) is 5.97. The Labute approximate surface area is 175 Å². The smallest absolute Gasteiger partial charge is 0.195 e. The number of benzene rings is 2. The molecule has 0 bridgehead atoms. The van der Waals surface area contributed by atoms with Crippen molar-refractivity contribution in [3.05, 3.63) is 72.1 Å². The molecule has 1 aliphatic rings. The first-order valence-corrected chi connectivity index (χ1v) is 10.9. The topological polar surface area (TPSA) is 63.4 Å². The Morgan fingerprint density at radius 1 is 0.966 bits per heavy atom. The number of aromatic nitrogens is 3. The van der Waals surface area contributed by atoms with Crippen LogP contribution in [0.15, 0.2) is 65.8 Å². The molecule has 1 unspecified atom stereocenters. The lowest BCUT2D eigenvalue weighted by Crippen LogP contribution is -2.41. The first-order valence-electron chi connectivity index (χ1n) is 9.94.